The summed E-state index contributed by atoms with van der Waals surface area (Å²) in [5.41, 5.74) is 0.858. The van der Waals surface area contributed by atoms with Crippen molar-refractivity contribution in [3.63, 3.8) is 0 Å². The molecule has 0 amide bonds. The lowest BCUT2D eigenvalue weighted by atomic mass is 10.2. The SMILES string of the molecule is [CH2-][NH2+]c1cc(C(O)O)ccc1OC(C)=O. The van der Waals surface area contributed by atoms with Gasteiger partial charge in [0.15, 0.2) is 12.0 Å². The molecule has 0 saturated heterocycles. The maximum Gasteiger partial charge on any atom is 0.308 e. The summed E-state index contributed by atoms with van der Waals surface area (Å²) in [6, 6.07) is 4.46. The Hall–Kier alpha value is -1.43. The molecule has 1 aromatic carbocycles. The van der Waals surface area contributed by atoms with E-state index >= 15 is 0 Å². The molecule has 0 aliphatic carbocycles. The van der Waals surface area contributed by atoms with Gasteiger partial charge in [-0.25, -0.2) is 0 Å². The van der Waals surface area contributed by atoms with Gasteiger partial charge >= 0.3 is 5.97 Å². The first-order valence-corrected chi connectivity index (χ1v) is 4.35. The summed E-state index contributed by atoms with van der Waals surface area (Å²) in [6.45, 7) is 1.29. The molecule has 0 radical (unpaired) electrons. The number of aliphatic hydroxyl groups excluding tert-OH is 1. The van der Waals surface area contributed by atoms with Crippen LogP contribution in [0.2, 0.25) is 0 Å². The van der Waals surface area contributed by atoms with Crippen LogP contribution in [0.25, 0.3) is 0 Å². The number of nitrogens with two attached hydrogens (primary N) is 1. The Balaban J connectivity index is 3.03. The third kappa shape index (κ3) is 3.02. The lowest BCUT2D eigenvalue weighted by Gasteiger charge is -2.10. The molecule has 15 heavy (non-hydrogen) atoms. The number of rotatable bonds is 3. The predicted octanol–water partition coefficient (Wildman–Crippen LogP) is -0.418. The number of carbonyl (C=O) groups is 1. The van der Waals surface area contributed by atoms with Crippen molar-refractivity contribution in [3.8, 4) is 5.75 Å². The van der Waals surface area contributed by atoms with E-state index in [1.807, 2.05) is 0 Å². The number of benzene rings is 1. The third-order valence-electron chi connectivity index (χ3n) is 1.81. The van der Waals surface area contributed by atoms with Crippen LogP contribution in [0.15, 0.2) is 18.2 Å². The fourth-order valence-electron chi connectivity index (χ4n) is 1.13. The summed E-state index contributed by atoms with van der Waals surface area (Å²) >= 11 is 0. The molecule has 4 N–H and O–H groups in total. The van der Waals surface area contributed by atoms with Gasteiger partial charge in [-0.2, -0.15) is 0 Å². The first kappa shape index (κ1) is 11.6. The summed E-state index contributed by atoms with van der Waals surface area (Å²) in [5.74, 6) is -0.0858. The standard InChI is InChI=1S/C10H13NO4/c1-6(12)15-9-4-3-7(10(13)14)5-8(9)11-2/h3-5,10,13-14H,2,11H2,1H3. The van der Waals surface area contributed by atoms with E-state index in [-0.39, 0.29) is 0 Å². The average molecular weight is 211 g/mol. The molecular weight excluding hydrogens is 198 g/mol. The van der Waals surface area contributed by atoms with Crippen LogP contribution < -0.4 is 10.1 Å². The molecule has 5 heteroatoms. The van der Waals surface area contributed by atoms with Crippen molar-refractivity contribution in [2.75, 3.05) is 0 Å². The Morgan fingerprint density at radius 1 is 1.53 bits per heavy atom. The maximum absolute atomic E-state index is 10.7. The van der Waals surface area contributed by atoms with Gasteiger partial charge < -0.3 is 20.3 Å². The predicted molar refractivity (Wildman–Crippen MR) is 51.9 cm³/mol. The van der Waals surface area contributed by atoms with Crippen molar-refractivity contribution in [3.05, 3.63) is 30.8 Å². The van der Waals surface area contributed by atoms with Gasteiger partial charge in [0.1, 0.15) is 5.69 Å². The molecule has 0 spiro atoms. The van der Waals surface area contributed by atoms with Crippen LogP contribution in [0.5, 0.6) is 5.75 Å². The lowest BCUT2D eigenvalue weighted by molar-refractivity contribution is -0.505. The number of carbonyl (C=O) groups excluding carboxylic acids is 1. The highest BCUT2D eigenvalue weighted by Crippen LogP contribution is 2.24. The lowest BCUT2D eigenvalue weighted by Crippen LogP contribution is -2.69. The van der Waals surface area contributed by atoms with Gasteiger partial charge in [0.05, 0.1) is 0 Å². The molecule has 1 aromatic rings. The van der Waals surface area contributed by atoms with Crippen molar-refractivity contribution in [1.82, 2.24) is 0 Å². The second-order valence-electron chi connectivity index (χ2n) is 2.97. The quantitative estimate of drug-likeness (QED) is 0.208. The second-order valence-corrected chi connectivity index (χ2v) is 2.97. The van der Waals surface area contributed by atoms with E-state index in [1.54, 1.807) is 0 Å². The van der Waals surface area contributed by atoms with Crippen molar-refractivity contribution < 1.29 is 25.1 Å². The van der Waals surface area contributed by atoms with E-state index in [9.17, 15) is 4.79 Å². The normalized spacial score (nSPS) is 10.5. The molecule has 82 valence electrons. The minimum Gasteiger partial charge on any atom is -0.443 e. The first-order chi connectivity index (χ1) is 7.04. The van der Waals surface area contributed by atoms with Crippen LogP contribution in [0.1, 0.15) is 18.8 Å². The first-order valence-electron chi connectivity index (χ1n) is 4.35. The van der Waals surface area contributed by atoms with Crippen LogP contribution in [0.4, 0.5) is 5.69 Å². The summed E-state index contributed by atoms with van der Waals surface area (Å²) < 4.78 is 4.90. The molecule has 0 saturated carbocycles. The summed E-state index contributed by atoms with van der Waals surface area (Å²) in [6.07, 6.45) is -1.55. The van der Waals surface area contributed by atoms with Crippen LogP contribution in [0.3, 0.4) is 0 Å². The van der Waals surface area contributed by atoms with Gasteiger partial charge in [0, 0.05) is 18.6 Å². The van der Waals surface area contributed by atoms with Crippen LogP contribution in [-0.2, 0) is 4.79 Å². The van der Waals surface area contributed by atoms with Crippen molar-refractivity contribution in [2.24, 2.45) is 0 Å². The second kappa shape index (κ2) is 4.88. The smallest absolute Gasteiger partial charge is 0.308 e. The molecule has 0 bridgehead atoms. The van der Waals surface area contributed by atoms with E-state index in [0.717, 1.165) is 0 Å². The van der Waals surface area contributed by atoms with Gasteiger partial charge in [-0.3, -0.25) is 4.79 Å². The summed E-state index contributed by atoms with van der Waals surface area (Å²) in [5, 5.41) is 19.3. The highest BCUT2D eigenvalue weighted by atomic mass is 16.5. The Bertz CT molecular complexity index is 362. The molecule has 0 aromatic heterocycles. The molecule has 0 aliphatic heterocycles. The Labute approximate surface area is 87.3 Å². The zero-order chi connectivity index (χ0) is 11.4. The van der Waals surface area contributed by atoms with E-state index < -0.39 is 12.3 Å². The van der Waals surface area contributed by atoms with Gasteiger partial charge in [-0.05, 0) is 12.1 Å². The van der Waals surface area contributed by atoms with Crippen LogP contribution in [0, 0.1) is 7.05 Å². The molecule has 0 fully saturated rings. The van der Waals surface area contributed by atoms with Gasteiger partial charge in [-0.15, -0.1) is 7.05 Å². The number of quaternary nitrogens is 1. The van der Waals surface area contributed by atoms with Crippen LogP contribution in [-0.4, -0.2) is 16.2 Å². The molecular formula is C10H13NO4. The van der Waals surface area contributed by atoms with Crippen molar-refractivity contribution in [1.29, 1.82) is 0 Å². The van der Waals surface area contributed by atoms with Gasteiger partial charge in [0.2, 0.25) is 0 Å². The average Bonchev–Trinajstić information content (AvgIpc) is 2.17. The van der Waals surface area contributed by atoms with Crippen molar-refractivity contribution in [2.45, 2.75) is 13.2 Å². The summed E-state index contributed by atoms with van der Waals surface area (Å²) in [4.78, 5) is 10.7. The molecule has 0 unspecified atom stereocenters. The number of esters is 1. The Morgan fingerprint density at radius 2 is 2.20 bits per heavy atom. The Kier molecular flexibility index (Phi) is 3.79. The fourth-order valence-corrected chi connectivity index (χ4v) is 1.13. The molecule has 0 heterocycles. The number of aliphatic hydroxyl groups is 2. The largest absolute Gasteiger partial charge is 0.443 e. The fraction of sp³-hybridized carbons (Fsp3) is 0.200. The minimum absolute atomic E-state index is 0.320. The Morgan fingerprint density at radius 3 is 2.67 bits per heavy atom. The molecule has 0 aliphatic rings. The van der Waals surface area contributed by atoms with E-state index in [2.05, 4.69) is 7.05 Å². The third-order valence-corrected chi connectivity index (χ3v) is 1.81. The van der Waals surface area contributed by atoms with E-state index in [1.165, 1.54) is 30.4 Å². The van der Waals surface area contributed by atoms with Gasteiger partial charge in [0.25, 0.3) is 0 Å². The number of ether oxygens (including phenoxy) is 1. The summed E-state index contributed by atoms with van der Waals surface area (Å²) in [7, 11) is 3.54. The van der Waals surface area contributed by atoms with Gasteiger partial charge in [-0.1, -0.05) is 0 Å². The van der Waals surface area contributed by atoms with E-state index in [4.69, 9.17) is 14.9 Å². The molecule has 5 nitrogen and oxygen atoms in total. The molecule has 1 rings (SSSR count). The minimum atomic E-state index is -1.55. The highest BCUT2D eigenvalue weighted by molar-refractivity contribution is 5.71. The van der Waals surface area contributed by atoms with Crippen LogP contribution >= 0.6 is 0 Å². The van der Waals surface area contributed by atoms with E-state index in [0.29, 0.717) is 17.0 Å². The molecule has 0 atom stereocenters. The zero-order valence-corrected chi connectivity index (χ0v) is 8.30. The number of hydrogen-bond donors (Lipinski definition) is 3. The number of hydrogen-bond acceptors (Lipinski definition) is 4. The maximum atomic E-state index is 10.7. The topological polar surface area (TPSA) is 83.4 Å². The monoisotopic (exact) mass is 211 g/mol. The zero-order valence-electron chi connectivity index (χ0n) is 8.30. The highest BCUT2D eigenvalue weighted by Gasteiger charge is 2.11. The van der Waals surface area contributed by atoms with Crippen molar-refractivity contribution >= 4 is 11.7 Å².